The summed E-state index contributed by atoms with van der Waals surface area (Å²) in [4.78, 5) is 17.2. The lowest BCUT2D eigenvalue weighted by Gasteiger charge is -2.14. The number of imidazole rings is 1. The number of carbonyl (C=O) groups is 1. The number of carbonyl (C=O) groups excluding carboxylic acids is 1. The van der Waals surface area contributed by atoms with Gasteiger partial charge in [-0.05, 0) is 26.3 Å². The molecule has 1 aromatic heterocycles. The molecule has 0 aliphatic carbocycles. The van der Waals surface area contributed by atoms with E-state index < -0.39 is 0 Å². The number of unbranched alkanes of at least 4 members (excludes halogenated alkanes) is 1. The lowest BCUT2D eigenvalue weighted by atomic mass is 10.3. The maximum absolute atomic E-state index is 11.4. The van der Waals surface area contributed by atoms with Crippen LogP contribution < -0.4 is 5.32 Å². The number of nitrogens with one attached hydrogen (secondary N) is 1. The van der Waals surface area contributed by atoms with Gasteiger partial charge in [-0.15, -0.1) is 0 Å². The van der Waals surface area contributed by atoms with Gasteiger partial charge in [-0.25, -0.2) is 4.98 Å². The molecule has 1 rings (SSSR count). The Hall–Kier alpha value is -1.36. The first-order chi connectivity index (χ1) is 8.24. The molecule has 17 heavy (non-hydrogen) atoms. The summed E-state index contributed by atoms with van der Waals surface area (Å²) in [6.45, 7) is 5.06. The van der Waals surface area contributed by atoms with Crippen LogP contribution >= 0.6 is 0 Å². The SMILES string of the molecule is CCN(C)C(=O)CNCCCCn1ccnc1. The Morgan fingerprint density at radius 2 is 2.29 bits per heavy atom. The normalized spacial score (nSPS) is 10.5. The third-order valence-electron chi connectivity index (χ3n) is 2.76. The van der Waals surface area contributed by atoms with Crippen molar-refractivity contribution >= 4 is 5.91 Å². The number of amides is 1. The predicted molar refractivity (Wildman–Crippen MR) is 67.6 cm³/mol. The van der Waals surface area contributed by atoms with Crippen molar-refractivity contribution in [1.29, 1.82) is 0 Å². The van der Waals surface area contributed by atoms with Crippen LogP contribution in [0.2, 0.25) is 0 Å². The smallest absolute Gasteiger partial charge is 0.236 e. The monoisotopic (exact) mass is 238 g/mol. The summed E-state index contributed by atoms with van der Waals surface area (Å²) in [7, 11) is 1.82. The van der Waals surface area contributed by atoms with Crippen LogP contribution in [0.15, 0.2) is 18.7 Å². The molecule has 1 amide bonds. The van der Waals surface area contributed by atoms with Gasteiger partial charge in [0, 0.05) is 32.5 Å². The molecule has 0 unspecified atom stereocenters. The third-order valence-corrected chi connectivity index (χ3v) is 2.76. The highest BCUT2D eigenvalue weighted by Gasteiger charge is 2.04. The fourth-order valence-corrected chi connectivity index (χ4v) is 1.47. The van der Waals surface area contributed by atoms with Gasteiger partial charge < -0.3 is 14.8 Å². The minimum atomic E-state index is 0.155. The molecule has 0 saturated carbocycles. The minimum Gasteiger partial charge on any atom is -0.345 e. The van der Waals surface area contributed by atoms with Gasteiger partial charge >= 0.3 is 0 Å². The second-order valence-corrected chi connectivity index (χ2v) is 4.09. The van der Waals surface area contributed by atoms with Gasteiger partial charge in [0.2, 0.25) is 5.91 Å². The highest BCUT2D eigenvalue weighted by molar-refractivity contribution is 5.77. The van der Waals surface area contributed by atoms with E-state index in [-0.39, 0.29) is 5.91 Å². The zero-order valence-electron chi connectivity index (χ0n) is 10.7. The molecule has 5 nitrogen and oxygen atoms in total. The topological polar surface area (TPSA) is 50.2 Å². The van der Waals surface area contributed by atoms with Crippen LogP contribution in [0.25, 0.3) is 0 Å². The largest absolute Gasteiger partial charge is 0.345 e. The second kappa shape index (κ2) is 7.84. The van der Waals surface area contributed by atoms with Crippen LogP contribution in [-0.4, -0.2) is 47.0 Å². The van der Waals surface area contributed by atoms with Crippen molar-refractivity contribution in [3.8, 4) is 0 Å². The van der Waals surface area contributed by atoms with Crippen LogP contribution in [0.3, 0.4) is 0 Å². The van der Waals surface area contributed by atoms with E-state index in [0.717, 1.165) is 32.5 Å². The molecule has 1 heterocycles. The van der Waals surface area contributed by atoms with Gasteiger partial charge in [0.15, 0.2) is 0 Å². The van der Waals surface area contributed by atoms with Crippen molar-refractivity contribution in [1.82, 2.24) is 19.8 Å². The van der Waals surface area contributed by atoms with E-state index >= 15 is 0 Å². The molecule has 0 bridgehead atoms. The van der Waals surface area contributed by atoms with E-state index in [1.54, 1.807) is 11.1 Å². The number of nitrogens with zero attached hydrogens (tertiary/aromatic N) is 3. The summed E-state index contributed by atoms with van der Waals surface area (Å²) in [5.74, 6) is 0.155. The second-order valence-electron chi connectivity index (χ2n) is 4.09. The van der Waals surface area contributed by atoms with Gasteiger partial charge in [0.25, 0.3) is 0 Å². The van der Waals surface area contributed by atoms with Crippen LogP contribution in [0.4, 0.5) is 0 Å². The Bertz CT molecular complexity index is 310. The molecule has 0 spiro atoms. The van der Waals surface area contributed by atoms with E-state index in [1.807, 2.05) is 26.5 Å². The molecule has 0 aromatic carbocycles. The first kappa shape index (κ1) is 13.7. The van der Waals surface area contributed by atoms with Crippen molar-refractivity contribution in [2.24, 2.45) is 0 Å². The Morgan fingerprint density at radius 3 is 2.94 bits per heavy atom. The molecule has 1 aromatic rings. The molecule has 0 aliphatic heterocycles. The molecule has 0 fully saturated rings. The fourth-order valence-electron chi connectivity index (χ4n) is 1.47. The van der Waals surface area contributed by atoms with Gasteiger partial charge in [-0.1, -0.05) is 0 Å². The van der Waals surface area contributed by atoms with E-state index in [2.05, 4.69) is 14.9 Å². The Morgan fingerprint density at radius 1 is 1.47 bits per heavy atom. The molecule has 0 radical (unpaired) electrons. The third kappa shape index (κ3) is 5.49. The zero-order chi connectivity index (χ0) is 12.5. The van der Waals surface area contributed by atoms with Crippen LogP contribution in [0.1, 0.15) is 19.8 Å². The first-order valence-corrected chi connectivity index (χ1v) is 6.14. The zero-order valence-corrected chi connectivity index (χ0v) is 10.7. The van der Waals surface area contributed by atoms with Crippen LogP contribution in [0, 0.1) is 0 Å². The highest BCUT2D eigenvalue weighted by Crippen LogP contribution is 1.93. The van der Waals surface area contributed by atoms with Crippen molar-refractivity contribution in [2.45, 2.75) is 26.3 Å². The Kier molecular flexibility index (Phi) is 6.32. The number of hydrogen-bond donors (Lipinski definition) is 1. The van der Waals surface area contributed by atoms with Crippen molar-refractivity contribution in [3.63, 3.8) is 0 Å². The van der Waals surface area contributed by atoms with E-state index in [9.17, 15) is 4.79 Å². The maximum Gasteiger partial charge on any atom is 0.236 e. The van der Waals surface area contributed by atoms with Crippen molar-refractivity contribution < 1.29 is 4.79 Å². The summed E-state index contributed by atoms with van der Waals surface area (Å²) >= 11 is 0. The summed E-state index contributed by atoms with van der Waals surface area (Å²) in [5.41, 5.74) is 0. The Labute approximate surface area is 103 Å². The maximum atomic E-state index is 11.4. The van der Waals surface area contributed by atoms with Gasteiger partial charge in [0.05, 0.1) is 12.9 Å². The molecule has 0 aliphatic rings. The lowest BCUT2D eigenvalue weighted by molar-refractivity contribution is -0.128. The van der Waals surface area contributed by atoms with E-state index in [0.29, 0.717) is 6.54 Å². The average Bonchev–Trinajstić information content (AvgIpc) is 2.85. The highest BCUT2D eigenvalue weighted by atomic mass is 16.2. The minimum absolute atomic E-state index is 0.155. The van der Waals surface area contributed by atoms with Gasteiger partial charge in [0.1, 0.15) is 0 Å². The summed E-state index contributed by atoms with van der Waals surface area (Å²) in [5, 5.41) is 3.16. The van der Waals surface area contributed by atoms with Crippen LogP contribution in [-0.2, 0) is 11.3 Å². The van der Waals surface area contributed by atoms with Crippen molar-refractivity contribution in [3.05, 3.63) is 18.7 Å². The molecule has 0 saturated heterocycles. The lowest BCUT2D eigenvalue weighted by Crippen LogP contribution is -2.35. The molecule has 5 heteroatoms. The Balaban J connectivity index is 1.96. The van der Waals surface area contributed by atoms with Crippen LogP contribution in [0.5, 0.6) is 0 Å². The van der Waals surface area contributed by atoms with Gasteiger partial charge in [-0.3, -0.25) is 4.79 Å². The van der Waals surface area contributed by atoms with Gasteiger partial charge in [-0.2, -0.15) is 0 Å². The average molecular weight is 238 g/mol. The number of hydrogen-bond acceptors (Lipinski definition) is 3. The summed E-state index contributed by atoms with van der Waals surface area (Å²) in [6, 6.07) is 0. The molecular weight excluding hydrogens is 216 g/mol. The van der Waals surface area contributed by atoms with E-state index in [4.69, 9.17) is 0 Å². The molecule has 1 N–H and O–H groups in total. The number of aromatic nitrogens is 2. The number of likely N-dealkylation sites (N-methyl/N-ethyl adjacent to an activating group) is 1. The van der Waals surface area contributed by atoms with Crippen molar-refractivity contribution in [2.75, 3.05) is 26.7 Å². The molecule has 96 valence electrons. The predicted octanol–water partition coefficient (Wildman–Crippen LogP) is 0.731. The summed E-state index contributed by atoms with van der Waals surface area (Å²) < 4.78 is 2.07. The van der Waals surface area contributed by atoms with E-state index in [1.165, 1.54) is 0 Å². The first-order valence-electron chi connectivity index (χ1n) is 6.14. The quantitative estimate of drug-likeness (QED) is 0.679. The fraction of sp³-hybridized carbons (Fsp3) is 0.667. The summed E-state index contributed by atoms with van der Waals surface area (Å²) in [6.07, 6.45) is 7.75. The molecule has 0 atom stereocenters. The molecular formula is C12H22N4O. The standard InChI is InChI=1S/C12H22N4O/c1-3-15(2)12(17)10-13-6-4-5-8-16-9-7-14-11-16/h7,9,11,13H,3-6,8,10H2,1-2H3. The number of aryl methyl sites for hydroxylation is 1. The number of rotatable bonds is 8.